The predicted octanol–water partition coefficient (Wildman–Crippen LogP) is 3.64. The number of morpholine rings is 1. The molecule has 0 N–H and O–H groups in total. The summed E-state index contributed by atoms with van der Waals surface area (Å²) in [5, 5.41) is 0.501. The number of hydrogen-bond acceptors (Lipinski definition) is 7. The van der Waals surface area contributed by atoms with E-state index in [4.69, 9.17) is 18.6 Å². The standard InChI is InChI=1S/C28H32N2O6/c1-4-18-6-8-21-20(16-18)26(31)24-25(19-7-9-22(33-2)23(17-19)34-3)30(28(32)27(24)36-21)11-5-10-29-12-14-35-15-13-29/h6-9,16-17,25H,4-5,10-15H2,1-3H3. The lowest BCUT2D eigenvalue weighted by atomic mass is 9.97. The molecular formula is C28H32N2O6. The summed E-state index contributed by atoms with van der Waals surface area (Å²) in [5.41, 5.74) is 2.49. The van der Waals surface area contributed by atoms with Crippen molar-refractivity contribution in [2.45, 2.75) is 25.8 Å². The number of hydrogen-bond donors (Lipinski definition) is 0. The van der Waals surface area contributed by atoms with E-state index >= 15 is 0 Å². The Kier molecular flexibility index (Phi) is 6.98. The van der Waals surface area contributed by atoms with Crippen molar-refractivity contribution in [1.82, 2.24) is 9.80 Å². The summed E-state index contributed by atoms with van der Waals surface area (Å²) in [7, 11) is 3.15. The maximum atomic E-state index is 13.8. The summed E-state index contributed by atoms with van der Waals surface area (Å²) in [6, 6.07) is 10.6. The molecule has 1 unspecified atom stereocenters. The van der Waals surface area contributed by atoms with Gasteiger partial charge in [-0.2, -0.15) is 0 Å². The number of fused-ring (bicyclic) bond motifs is 2. The second-order valence-corrected chi connectivity index (χ2v) is 9.18. The van der Waals surface area contributed by atoms with Crippen LogP contribution in [0.15, 0.2) is 45.6 Å². The molecule has 2 aromatic carbocycles. The van der Waals surface area contributed by atoms with Gasteiger partial charge < -0.3 is 23.5 Å². The van der Waals surface area contributed by atoms with Crippen molar-refractivity contribution in [3.63, 3.8) is 0 Å². The summed E-state index contributed by atoms with van der Waals surface area (Å²) in [6.07, 6.45) is 1.58. The molecule has 0 bridgehead atoms. The number of aryl methyl sites for hydroxylation is 1. The van der Waals surface area contributed by atoms with Crippen LogP contribution in [0.2, 0.25) is 0 Å². The Morgan fingerprint density at radius 3 is 2.47 bits per heavy atom. The van der Waals surface area contributed by atoms with Crippen molar-refractivity contribution >= 4 is 16.9 Å². The highest BCUT2D eigenvalue weighted by Crippen LogP contribution is 2.41. The van der Waals surface area contributed by atoms with Gasteiger partial charge in [-0.3, -0.25) is 14.5 Å². The molecule has 0 saturated carbocycles. The highest BCUT2D eigenvalue weighted by Gasteiger charge is 2.42. The molecule has 1 atom stereocenters. The third-order valence-corrected chi connectivity index (χ3v) is 7.14. The van der Waals surface area contributed by atoms with Gasteiger partial charge in [-0.05, 0) is 48.2 Å². The molecule has 36 heavy (non-hydrogen) atoms. The number of ether oxygens (including phenoxy) is 3. The Hall–Kier alpha value is -3.36. The fraction of sp³-hybridized carbons (Fsp3) is 0.429. The molecule has 1 fully saturated rings. The maximum absolute atomic E-state index is 13.8. The fourth-order valence-corrected chi connectivity index (χ4v) is 5.18. The van der Waals surface area contributed by atoms with Crippen LogP contribution in [0.1, 0.15) is 46.6 Å². The average Bonchev–Trinajstić information content (AvgIpc) is 3.20. The van der Waals surface area contributed by atoms with Crippen molar-refractivity contribution in [2.24, 2.45) is 0 Å². The zero-order valence-corrected chi connectivity index (χ0v) is 21.0. The second kappa shape index (κ2) is 10.3. The van der Waals surface area contributed by atoms with Crippen LogP contribution in [-0.4, -0.2) is 69.3 Å². The zero-order valence-electron chi connectivity index (χ0n) is 21.0. The first-order chi connectivity index (χ1) is 17.5. The van der Waals surface area contributed by atoms with Crippen LogP contribution in [0.3, 0.4) is 0 Å². The molecule has 3 aromatic rings. The molecule has 0 aliphatic carbocycles. The summed E-state index contributed by atoms with van der Waals surface area (Å²) >= 11 is 0. The smallest absolute Gasteiger partial charge is 0.290 e. The monoisotopic (exact) mass is 492 g/mol. The normalized spacial score (nSPS) is 18.0. The van der Waals surface area contributed by atoms with E-state index in [0.717, 1.165) is 56.8 Å². The molecule has 0 spiro atoms. The highest BCUT2D eigenvalue weighted by atomic mass is 16.5. The number of nitrogens with zero attached hydrogens (tertiary/aromatic N) is 2. The van der Waals surface area contributed by atoms with E-state index in [9.17, 15) is 9.59 Å². The highest BCUT2D eigenvalue weighted by molar-refractivity contribution is 5.99. The number of amides is 1. The number of carbonyl (C=O) groups is 1. The van der Waals surface area contributed by atoms with Crippen LogP contribution >= 0.6 is 0 Å². The van der Waals surface area contributed by atoms with Gasteiger partial charge in [0.15, 0.2) is 16.9 Å². The third-order valence-electron chi connectivity index (χ3n) is 7.14. The summed E-state index contributed by atoms with van der Waals surface area (Å²) in [4.78, 5) is 31.6. The van der Waals surface area contributed by atoms with E-state index in [1.807, 2.05) is 31.2 Å². The molecule has 2 aliphatic rings. The van der Waals surface area contributed by atoms with Crippen LogP contribution < -0.4 is 14.9 Å². The first-order valence-electron chi connectivity index (χ1n) is 12.5. The molecule has 3 heterocycles. The van der Waals surface area contributed by atoms with E-state index in [-0.39, 0.29) is 17.1 Å². The number of rotatable bonds is 8. The summed E-state index contributed by atoms with van der Waals surface area (Å²) in [5.74, 6) is 0.999. The van der Waals surface area contributed by atoms with Crippen LogP contribution in [0.25, 0.3) is 11.0 Å². The minimum Gasteiger partial charge on any atom is -0.493 e. The number of carbonyl (C=O) groups excluding carboxylic acids is 1. The van der Waals surface area contributed by atoms with Crippen LogP contribution in [0.5, 0.6) is 11.5 Å². The number of methoxy groups -OCH3 is 2. The lowest BCUT2D eigenvalue weighted by Gasteiger charge is -2.29. The minimum absolute atomic E-state index is 0.128. The average molecular weight is 493 g/mol. The Morgan fingerprint density at radius 2 is 1.75 bits per heavy atom. The molecule has 1 saturated heterocycles. The van der Waals surface area contributed by atoms with Gasteiger partial charge in [0.25, 0.3) is 5.91 Å². The van der Waals surface area contributed by atoms with Crippen molar-refractivity contribution in [1.29, 1.82) is 0 Å². The Bertz CT molecular complexity index is 1330. The molecule has 1 aromatic heterocycles. The molecule has 1 amide bonds. The number of benzene rings is 2. The summed E-state index contributed by atoms with van der Waals surface area (Å²) in [6.45, 7) is 6.63. The van der Waals surface area contributed by atoms with Crippen molar-refractivity contribution in [2.75, 3.05) is 53.6 Å². The quantitative estimate of drug-likeness (QED) is 0.475. The van der Waals surface area contributed by atoms with Crippen molar-refractivity contribution in [3.8, 4) is 11.5 Å². The molecule has 2 aliphatic heterocycles. The maximum Gasteiger partial charge on any atom is 0.290 e. The van der Waals surface area contributed by atoms with Gasteiger partial charge in [0.2, 0.25) is 5.76 Å². The topological polar surface area (TPSA) is 81.5 Å². The Balaban J connectivity index is 1.57. The SMILES string of the molecule is CCc1ccc2oc3c(c(=O)c2c1)C(c1ccc(OC)c(OC)c1)N(CCCN1CCOCC1)C3=O. The van der Waals surface area contributed by atoms with Crippen LogP contribution in [0, 0.1) is 0 Å². The van der Waals surface area contributed by atoms with E-state index in [2.05, 4.69) is 4.90 Å². The molecule has 190 valence electrons. The summed E-state index contributed by atoms with van der Waals surface area (Å²) < 4.78 is 22.5. The van der Waals surface area contributed by atoms with Gasteiger partial charge in [0.1, 0.15) is 5.58 Å². The zero-order chi connectivity index (χ0) is 25.2. The molecule has 5 rings (SSSR count). The van der Waals surface area contributed by atoms with Crippen molar-refractivity contribution < 1.29 is 23.4 Å². The largest absolute Gasteiger partial charge is 0.493 e. The first-order valence-corrected chi connectivity index (χ1v) is 12.5. The van der Waals surface area contributed by atoms with E-state index in [1.165, 1.54) is 0 Å². The fourth-order valence-electron chi connectivity index (χ4n) is 5.18. The minimum atomic E-state index is -0.567. The van der Waals surface area contributed by atoms with Gasteiger partial charge in [0.05, 0.1) is 44.4 Å². The second-order valence-electron chi connectivity index (χ2n) is 9.18. The van der Waals surface area contributed by atoms with E-state index < -0.39 is 6.04 Å². The molecule has 8 nitrogen and oxygen atoms in total. The lowest BCUT2D eigenvalue weighted by molar-refractivity contribution is 0.0353. The lowest BCUT2D eigenvalue weighted by Crippen LogP contribution is -2.38. The van der Waals surface area contributed by atoms with Gasteiger partial charge in [-0.1, -0.05) is 19.1 Å². The van der Waals surface area contributed by atoms with E-state index in [1.54, 1.807) is 31.3 Å². The van der Waals surface area contributed by atoms with Gasteiger partial charge in [-0.25, -0.2) is 0 Å². The van der Waals surface area contributed by atoms with Gasteiger partial charge >= 0.3 is 0 Å². The van der Waals surface area contributed by atoms with Crippen LogP contribution in [-0.2, 0) is 11.2 Å². The molecule has 8 heteroatoms. The first kappa shape index (κ1) is 24.3. The Labute approximate surface area is 210 Å². The predicted molar refractivity (Wildman–Crippen MR) is 136 cm³/mol. The van der Waals surface area contributed by atoms with Gasteiger partial charge in [0, 0.05) is 26.2 Å². The van der Waals surface area contributed by atoms with Gasteiger partial charge in [-0.15, -0.1) is 0 Å². The molecular weight excluding hydrogens is 460 g/mol. The Morgan fingerprint density at radius 1 is 0.972 bits per heavy atom. The molecule has 0 radical (unpaired) electrons. The van der Waals surface area contributed by atoms with E-state index in [0.29, 0.717) is 34.6 Å². The third kappa shape index (κ3) is 4.35. The van der Waals surface area contributed by atoms with Crippen LogP contribution in [0.4, 0.5) is 0 Å². The van der Waals surface area contributed by atoms with Crippen molar-refractivity contribution in [3.05, 3.63) is 69.1 Å².